The van der Waals surface area contributed by atoms with Gasteiger partial charge < -0.3 is 21.3 Å². The van der Waals surface area contributed by atoms with Crippen LogP contribution in [0.3, 0.4) is 0 Å². The highest BCUT2D eigenvalue weighted by atomic mass is 15.1. The first-order chi connectivity index (χ1) is 15.4. The molecule has 0 atom stereocenters. The molecule has 6 nitrogen and oxygen atoms in total. The molecule has 4 N–H and O–H groups in total. The van der Waals surface area contributed by atoms with Crippen molar-refractivity contribution >= 4 is 0 Å². The highest BCUT2D eigenvalue weighted by Gasteiger charge is 2.07. The SMILES string of the molecule is c1ccc(CCNCc2ccc(CN3CCCNCCNCCCNCC3)cc2)nc1. The van der Waals surface area contributed by atoms with Crippen molar-refractivity contribution in [2.24, 2.45) is 0 Å². The van der Waals surface area contributed by atoms with E-state index in [1.54, 1.807) is 0 Å². The molecule has 0 spiro atoms. The maximum atomic E-state index is 4.38. The summed E-state index contributed by atoms with van der Waals surface area (Å²) in [6, 6.07) is 15.2. The van der Waals surface area contributed by atoms with Gasteiger partial charge in [-0.1, -0.05) is 30.3 Å². The fourth-order valence-corrected chi connectivity index (χ4v) is 3.84. The number of hydrogen-bond donors (Lipinski definition) is 4. The second kappa shape index (κ2) is 15.1. The van der Waals surface area contributed by atoms with E-state index < -0.39 is 0 Å². The lowest BCUT2D eigenvalue weighted by Gasteiger charge is -2.23. The zero-order valence-electron chi connectivity index (χ0n) is 18.9. The lowest BCUT2D eigenvalue weighted by atomic mass is 10.1. The van der Waals surface area contributed by atoms with Crippen LogP contribution < -0.4 is 21.3 Å². The third kappa shape index (κ3) is 10.4. The average Bonchev–Trinajstić information content (AvgIpc) is 2.81. The quantitative estimate of drug-likeness (QED) is 0.508. The number of nitrogens with zero attached hydrogens (tertiary/aromatic N) is 2. The molecular formula is C25H40N6. The van der Waals surface area contributed by atoms with E-state index >= 15 is 0 Å². The van der Waals surface area contributed by atoms with Crippen molar-refractivity contribution in [1.82, 2.24) is 31.2 Å². The summed E-state index contributed by atoms with van der Waals surface area (Å²) >= 11 is 0. The van der Waals surface area contributed by atoms with E-state index in [0.717, 1.165) is 84.1 Å². The molecule has 1 aromatic carbocycles. The first kappa shape index (κ1) is 23.8. The molecule has 1 aromatic heterocycles. The molecule has 170 valence electrons. The number of rotatable bonds is 7. The van der Waals surface area contributed by atoms with Gasteiger partial charge in [0.15, 0.2) is 0 Å². The summed E-state index contributed by atoms with van der Waals surface area (Å²) in [5, 5.41) is 14.2. The van der Waals surface area contributed by atoms with Crippen molar-refractivity contribution in [3.63, 3.8) is 0 Å². The van der Waals surface area contributed by atoms with Gasteiger partial charge in [-0.15, -0.1) is 0 Å². The smallest absolute Gasteiger partial charge is 0.0416 e. The molecule has 2 heterocycles. The second-order valence-electron chi connectivity index (χ2n) is 8.30. The molecule has 1 aliphatic heterocycles. The summed E-state index contributed by atoms with van der Waals surface area (Å²) in [4.78, 5) is 6.96. The van der Waals surface area contributed by atoms with Crippen LogP contribution in [-0.2, 0) is 19.5 Å². The topological polar surface area (TPSA) is 64.2 Å². The van der Waals surface area contributed by atoms with Crippen LogP contribution >= 0.6 is 0 Å². The van der Waals surface area contributed by atoms with Crippen molar-refractivity contribution in [3.8, 4) is 0 Å². The van der Waals surface area contributed by atoms with Gasteiger partial charge in [0.05, 0.1) is 0 Å². The Morgan fingerprint density at radius 1 is 0.774 bits per heavy atom. The summed E-state index contributed by atoms with van der Waals surface area (Å²) in [5.74, 6) is 0. The Morgan fingerprint density at radius 3 is 2.29 bits per heavy atom. The minimum atomic E-state index is 0.904. The molecule has 0 bridgehead atoms. The van der Waals surface area contributed by atoms with E-state index in [1.807, 2.05) is 18.3 Å². The standard InChI is InChI=1S/C25H40N6/c1-2-14-30-25(5-1)10-15-29-21-23-6-8-24(9-7-23)22-31-19-4-13-27-17-16-26-11-3-12-28-18-20-31/h1-2,5-9,14,26-29H,3-4,10-13,15-22H2. The maximum Gasteiger partial charge on any atom is 0.0416 e. The van der Waals surface area contributed by atoms with Crippen LogP contribution in [0.2, 0.25) is 0 Å². The fraction of sp³-hybridized carbons (Fsp3) is 0.560. The van der Waals surface area contributed by atoms with Crippen LogP contribution in [-0.4, -0.2) is 68.8 Å². The molecule has 1 fully saturated rings. The molecule has 31 heavy (non-hydrogen) atoms. The largest absolute Gasteiger partial charge is 0.315 e. The Balaban J connectivity index is 1.39. The van der Waals surface area contributed by atoms with Gasteiger partial charge in [-0.05, 0) is 62.3 Å². The van der Waals surface area contributed by atoms with Crippen LogP contribution in [0.1, 0.15) is 29.7 Å². The van der Waals surface area contributed by atoms with E-state index in [4.69, 9.17) is 0 Å². The van der Waals surface area contributed by atoms with Gasteiger partial charge in [0.25, 0.3) is 0 Å². The van der Waals surface area contributed by atoms with Gasteiger partial charge in [-0.25, -0.2) is 0 Å². The minimum absolute atomic E-state index is 0.904. The van der Waals surface area contributed by atoms with Crippen LogP contribution in [0.4, 0.5) is 0 Å². The Kier molecular flexibility index (Phi) is 11.6. The summed E-state index contributed by atoms with van der Waals surface area (Å²) in [6.07, 6.45) is 5.21. The third-order valence-electron chi connectivity index (χ3n) is 5.66. The fourth-order valence-electron chi connectivity index (χ4n) is 3.84. The normalized spacial score (nSPS) is 17.8. The lowest BCUT2D eigenvalue weighted by molar-refractivity contribution is 0.260. The molecule has 0 unspecified atom stereocenters. The number of benzene rings is 1. The highest BCUT2D eigenvalue weighted by Crippen LogP contribution is 2.08. The molecular weight excluding hydrogens is 384 g/mol. The van der Waals surface area contributed by atoms with Gasteiger partial charge in [0, 0.05) is 64.1 Å². The van der Waals surface area contributed by atoms with Crippen molar-refractivity contribution in [2.75, 3.05) is 58.9 Å². The zero-order chi connectivity index (χ0) is 21.4. The first-order valence-electron chi connectivity index (χ1n) is 11.9. The Bertz CT molecular complexity index is 677. The van der Waals surface area contributed by atoms with Crippen molar-refractivity contribution in [2.45, 2.75) is 32.4 Å². The summed E-state index contributed by atoms with van der Waals surface area (Å²) < 4.78 is 0. The van der Waals surface area contributed by atoms with Crippen LogP contribution in [0, 0.1) is 0 Å². The highest BCUT2D eigenvalue weighted by molar-refractivity contribution is 5.22. The Morgan fingerprint density at radius 2 is 1.52 bits per heavy atom. The third-order valence-corrected chi connectivity index (χ3v) is 5.66. The number of aromatic nitrogens is 1. The van der Waals surface area contributed by atoms with Crippen LogP contribution in [0.25, 0.3) is 0 Å². The average molecular weight is 425 g/mol. The molecule has 1 saturated heterocycles. The predicted octanol–water partition coefficient (Wildman–Crippen LogP) is 1.78. The molecule has 6 heteroatoms. The molecule has 0 amide bonds. The van der Waals surface area contributed by atoms with Crippen molar-refractivity contribution < 1.29 is 0 Å². The van der Waals surface area contributed by atoms with Crippen molar-refractivity contribution in [3.05, 3.63) is 65.5 Å². The van der Waals surface area contributed by atoms with E-state index in [-0.39, 0.29) is 0 Å². The van der Waals surface area contributed by atoms with Crippen molar-refractivity contribution in [1.29, 1.82) is 0 Å². The first-order valence-corrected chi connectivity index (χ1v) is 11.9. The molecule has 0 aliphatic carbocycles. The van der Waals surface area contributed by atoms with E-state index in [1.165, 1.54) is 24.0 Å². The summed E-state index contributed by atoms with van der Waals surface area (Å²) in [7, 11) is 0. The molecule has 0 saturated carbocycles. The predicted molar refractivity (Wildman–Crippen MR) is 129 cm³/mol. The van der Waals surface area contributed by atoms with Crippen LogP contribution in [0.15, 0.2) is 48.7 Å². The molecule has 3 rings (SSSR count). The Hall–Kier alpha value is -1.83. The van der Waals surface area contributed by atoms with Crippen LogP contribution in [0.5, 0.6) is 0 Å². The summed E-state index contributed by atoms with van der Waals surface area (Å²) in [6.45, 7) is 11.6. The van der Waals surface area contributed by atoms with E-state index in [2.05, 4.69) is 61.5 Å². The molecule has 2 aromatic rings. The van der Waals surface area contributed by atoms with Gasteiger partial charge in [0.1, 0.15) is 0 Å². The molecule has 1 aliphatic rings. The Labute approximate surface area is 188 Å². The van der Waals surface area contributed by atoms with E-state index in [9.17, 15) is 0 Å². The molecule has 0 radical (unpaired) electrons. The monoisotopic (exact) mass is 424 g/mol. The maximum absolute atomic E-state index is 4.38. The van der Waals surface area contributed by atoms with Gasteiger partial charge in [-0.3, -0.25) is 9.88 Å². The van der Waals surface area contributed by atoms with Gasteiger partial charge in [0.2, 0.25) is 0 Å². The number of hydrogen-bond acceptors (Lipinski definition) is 6. The number of pyridine rings is 1. The van der Waals surface area contributed by atoms with E-state index in [0.29, 0.717) is 0 Å². The minimum Gasteiger partial charge on any atom is -0.315 e. The lowest BCUT2D eigenvalue weighted by Crippen LogP contribution is -2.36. The zero-order valence-corrected chi connectivity index (χ0v) is 18.9. The summed E-state index contributed by atoms with van der Waals surface area (Å²) in [5.41, 5.74) is 3.88. The second-order valence-corrected chi connectivity index (χ2v) is 8.30. The van der Waals surface area contributed by atoms with Gasteiger partial charge >= 0.3 is 0 Å². The number of nitrogens with one attached hydrogen (secondary N) is 4. The van der Waals surface area contributed by atoms with Gasteiger partial charge in [-0.2, -0.15) is 0 Å².